The topological polar surface area (TPSA) is 126 Å². The molecule has 10 nitrogen and oxygen atoms in total. The van der Waals surface area contributed by atoms with Crippen LogP contribution in [0.4, 0.5) is 0 Å². The zero-order chi connectivity index (χ0) is 55.5. The van der Waals surface area contributed by atoms with Crippen LogP contribution in [0.3, 0.4) is 0 Å². The Morgan fingerprint density at radius 3 is 1.00 bits per heavy atom. The van der Waals surface area contributed by atoms with Gasteiger partial charge in [0, 0.05) is 65.3 Å². The molecule has 84 heavy (non-hydrogen) atoms. The molecule has 1 spiro atoms. The minimum atomic E-state index is -1.17. The van der Waals surface area contributed by atoms with Crippen LogP contribution < -0.4 is 4.74 Å². The van der Waals surface area contributed by atoms with E-state index in [1.807, 2.05) is 85.2 Å². The van der Waals surface area contributed by atoms with Crippen molar-refractivity contribution >= 4 is 87.2 Å². The van der Waals surface area contributed by atoms with Crippen LogP contribution in [0.5, 0.6) is 11.5 Å². The largest absolute Gasteiger partial charge is 0.452 e. The second-order valence-corrected chi connectivity index (χ2v) is 21.8. The summed E-state index contributed by atoms with van der Waals surface area (Å²) in [7, 11) is 0. The SMILES string of the molecule is N#Cc1ccc2c(c1)c1ccccc1n2-c1cnc2c(c1)C1(c3cc(-n4c5ccccc5c5ccccc54)cnc3-2)c2cccc(-n3c4ccccc4c4cc(C#N)ccc43)c2Oc2c(-n3c4ccccc4c4cc(C#N)ccc43)cccc21. The van der Waals surface area contributed by atoms with Crippen molar-refractivity contribution in [3.8, 4) is 63.8 Å². The molecule has 0 N–H and O–H groups in total. The van der Waals surface area contributed by atoms with Crippen LogP contribution in [0.2, 0.25) is 0 Å². The highest BCUT2D eigenvalue weighted by Gasteiger charge is 2.54. The predicted octanol–water partition coefficient (Wildman–Crippen LogP) is 16.9. The molecule has 0 unspecified atom stereocenters. The number of nitrogens with zero attached hydrogens (tertiary/aromatic N) is 9. The van der Waals surface area contributed by atoms with Crippen molar-refractivity contribution in [3.63, 3.8) is 0 Å². The van der Waals surface area contributed by atoms with Gasteiger partial charge in [-0.15, -0.1) is 0 Å². The number of nitriles is 3. The number of hydrogen-bond acceptors (Lipinski definition) is 6. The Labute approximate surface area is 478 Å². The molecule has 7 heterocycles. The summed E-state index contributed by atoms with van der Waals surface area (Å²) in [6.45, 7) is 0. The number of pyridine rings is 2. The Kier molecular flexibility index (Phi) is 9.14. The van der Waals surface area contributed by atoms with Crippen molar-refractivity contribution in [2.75, 3.05) is 0 Å². The van der Waals surface area contributed by atoms with Crippen molar-refractivity contribution in [1.29, 1.82) is 15.8 Å². The van der Waals surface area contributed by atoms with E-state index in [1.54, 1.807) is 0 Å². The summed E-state index contributed by atoms with van der Waals surface area (Å²) in [5.41, 5.74) is 16.9. The van der Waals surface area contributed by atoms with Crippen molar-refractivity contribution in [2.45, 2.75) is 5.41 Å². The van der Waals surface area contributed by atoms with Crippen LogP contribution in [0.15, 0.2) is 237 Å². The second-order valence-electron chi connectivity index (χ2n) is 21.8. The first-order chi connectivity index (χ1) is 41.5. The molecule has 1 aliphatic carbocycles. The number of aromatic nitrogens is 6. The van der Waals surface area contributed by atoms with E-state index in [0.29, 0.717) is 28.2 Å². The molecule has 0 amide bonds. The lowest BCUT2D eigenvalue weighted by Gasteiger charge is -2.40. The maximum Gasteiger partial charge on any atom is 0.156 e. The standard InChI is InChI=1S/C74H39N9O/c75-38-43-27-30-65-53(33-43)50-15-3-8-22-62(50)81(65)47-37-59-71(79-42-47)70-58(36-46(41-78-70)80-60-20-6-1-13-48(60)49-14-2-7-21-61(49)80)74(59)56-18-11-25-68(82-63-23-9-4-16-51(63)54-34-44(39-76)28-31-66(54)82)72(56)84-73-57(74)19-12-26-69(73)83-64-24-10-5-17-52(64)55-35-45(40-77)29-32-67(55)83/h1-37,41-42H. The summed E-state index contributed by atoms with van der Waals surface area (Å²) in [5.74, 6) is 1.29. The van der Waals surface area contributed by atoms with Gasteiger partial charge in [0.05, 0.1) is 131 Å². The van der Waals surface area contributed by atoms with Crippen LogP contribution in [0, 0.1) is 34.0 Å². The van der Waals surface area contributed by atoms with Gasteiger partial charge in [0.15, 0.2) is 11.5 Å². The molecule has 0 saturated carbocycles. The molecule has 386 valence electrons. The van der Waals surface area contributed by atoms with Gasteiger partial charge >= 0.3 is 0 Å². The minimum absolute atomic E-state index is 0.574. The Bertz CT molecular complexity index is 5560. The Morgan fingerprint density at radius 1 is 0.310 bits per heavy atom. The van der Waals surface area contributed by atoms with Crippen molar-refractivity contribution < 1.29 is 4.74 Å². The van der Waals surface area contributed by atoms with Crippen molar-refractivity contribution in [1.82, 2.24) is 28.2 Å². The van der Waals surface area contributed by atoms with Crippen molar-refractivity contribution in [3.05, 3.63) is 276 Å². The molecule has 0 bridgehead atoms. The predicted molar refractivity (Wildman–Crippen MR) is 331 cm³/mol. The normalized spacial score (nSPS) is 12.9. The third-order valence-corrected chi connectivity index (χ3v) is 17.8. The first-order valence-electron chi connectivity index (χ1n) is 27.8. The fourth-order valence-corrected chi connectivity index (χ4v) is 14.4. The lowest BCUT2D eigenvalue weighted by atomic mass is 9.66. The minimum Gasteiger partial charge on any atom is -0.452 e. The fourth-order valence-electron chi connectivity index (χ4n) is 14.4. The average Bonchev–Trinajstić information content (AvgIpc) is 1.46. The van der Waals surface area contributed by atoms with E-state index in [0.717, 1.165) is 144 Å². The summed E-state index contributed by atoms with van der Waals surface area (Å²) in [6.07, 6.45) is 3.95. The molecule has 0 radical (unpaired) electrons. The zero-order valence-corrected chi connectivity index (χ0v) is 44.4. The molecule has 10 heteroatoms. The van der Waals surface area contributed by atoms with Gasteiger partial charge < -0.3 is 23.0 Å². The van der Waals surface area contributed by atoms with E-state index in [1.165, 1.54) is 0 Å². The number of fused-ring (bicyclic) bond motifs is 21. The van der Waals surface area contributed by atoms with Crippen LogP contribution in [-0.4, -0.2) is 28.2 Å². The van der Waals surface area contributed by atoms with Gasteiger partial charge in [-0.2, -0.15) is 15.8 Å². The fraction of sp³-hybridized carbons (Fsp3) is 0.0135. The van der Waals surface area contributed by atoms with Gasteiger partial charge in [0.2, 0.25) is 0 Å². The maximum absolute atomic E-state index is 10.3. The molecule has 2 aliphatic rings. The van der Waals surface area contributed by atoms with Gasteiger partial charge in [-0.05, 0) is 109 Å². The van der Waals surface area contributed by atoms with E-state index in [-0.39, 0.29) is 0 Å². The first-order valence-corrected chi connectivity index (χ1v) is 27.8. The molecule has 16 aromatic rings. The molecule has 10 aromatic carbocycles. The number of ether oxygens (including phenoxy) is 1. The number of hydrogen-bond donors (Lipinski definition) is 0. The summed E-state index contributed by atoms with van der Waals surface area (Å²) in [4.78, 5) is 11.2. The molecule has 18 rings (SSSR count). The molecular weight excluding hydrogens is 1030 g/mol. The third kappa shape index (κ3) is 5.88. The van der Waals surface area contributed by atoms with E-state index in [2.05, 4.69) is 188 Å². The van der Waals surface area contributed by atoms with Crippen LogP contribution in [0.25, 0.3) is 121 Å². The Morgan fingerprint density at radius 2 is 0.631 bits per heavy atom. The molecule has 1 aliphatic heterocycles. The van der Waals surface area contributed by atoms with E-state index < -0.39 is 5.41 Å². The summed E-state index contributed by atoms with van der Waals surface area (Å²) < 4.78 is 17.1. The lowest BCUT2D eigenvalue weighted by Crippen LogP contribution is -2.33. The highest BCUT2D eigenvalue weighted by atomic mass is 16.5. The van der Waals surface area contributed by atoms with E-state index in [4.69, 9.17) is 14.7 Å². The summed E-state index contributed by atoms with van der Waals surface area (Å²) >= 11 is 0. The maximum atomic E-state index is 10.3. The first kappa shape index (κ1) is 45.8. The molecule has 6 aromatic heterocycles. The Hall–Kier alpha value is -12.0. The quantitative estimate of drug-likeness (QED) is 0.173. The lowest BCUT2D eigenvalue weighted by molar-refractivity contribution is 0.433. The smallest absolute Gasteiger partial charge is 0.156 e. The van der Waals surface area contributed by atoms with Gasteiger partial charge in [0.1, 0.15) is 0 Å². The van der Waals surface area contributed by atoms with E-state index in [9.17, 15) is 15.8 Å². The van der Waals surface area contributed by atoms with Gasteiger partial charge in [-0.1, -0.05) is 115 Å². The molecule has 0 atom stereocenters. The van der Waals surface area contributed by atoms with Gasteiger partial charge in [-0.25, -0.2) is 0 Å². The second kappa shape index (κ2) is 16.8. The Balaban J connectivity index is 1.02. The van der Waals surface area contributed by atoms with Crippen LogP contribution in [0.1, 0.15) is 38.9 Å². The van der Waals surface area contributed by atoms with Crippen molar-refractivity contribution in [2.24, 2.45) is 0 Å². The zero-order valence-electron chi connectivity index (χ0n) is 44.4. The number of benzene rings is 10. The molecule has 0 saturated heterocycles. The number of para-hydroxylation sites is 7. The van der Waals surface area contributed by atoms with Crippen LogP contribution in [-0.2, 0) is 5.41 Å². The third-order valence-electron chi connectivity index (χ3n) is 17.8. The average molecular weight is 1070 g/mol. The van der Waals surface area contributed by atoms with Crippen LogP contribution >= 0.6 is 0 Å². The number of rotatable bonds is 4. The van der Waals surface area contributed by atoms with Gasteiger partial charge in [0.25, 0.3) is 0 Å². The highest BCUT2D eigenvalue weighted by Crippen LogP contribution is 2.64. The summed E-state index contributed by atoms with van der Waals surface area (Å²) in [6, 6.07) is 84.7. The molecular formula is C74H39N9O. The van der Waals surface area contributed by atoms with Gasteiger partial charge in [-0.3, -0.25) is 9.97 Å². The molecule has 0 fully saturated rings. The summed E-state index contributed by atoms with van der Waals surface area (Å²) in [5, 5.41) is 38.9. The highest BCUT2D eigenvalue weighted by molar-refractivity contribution is 6.13. The monoisotopic (exact) mass is 1070 g/mol. The van der Waals surface area contributed by atoms with E-state index >= 15 is 0 Å².